The van der Waals surface area contributed by atoms with E-state index < -0.39 is 5.91 Å². The first-order chi connectivity index (χ1) is 10.5. The molecule has 0 spiro atoms. The van der Waals surface area contributed by atoms with Gasteiger partial charge in [-0.1, -0.05) is 37.5 Å². The molecule has 0 aliphatic carbocycles. The number of aromatic nitrogens is 1. The van der Waals surface area contributed by atoms with Gasteiger partial charge in [-0.25, -0.2) is 4.98 Å². The fraction of sp³-hybridized carbons (Fsp3) is 0.118. The van der Waals surface area contributed by atoms with Gasteiger partial charge in [-0.2, -0.15) is 5.26 Å². The highest BCUT2D eigenvalue weighted by Crippen LogP contribution is 2.16. The molecule has 0 radical (unpaired) electrons. The van der Waals surface area contributed by atoms with Crippen molar-refractivity contribution in [1.82, 2.24) is 10.3 Å². The van der Waals surface area contributed by atoms with Crippen molar-refractivity contribution in [2.24, 2.45) is 0 Å². The predicted octanol–water partition coefficient (Wildman–Crippen LogP) is 3.55. The van der Waals surface area contributed by atoms with E-state index in [2.05, 4.69) is 39.4 Å². The first-order valence-electron chi connectivity index (χ1n) is 6.51. The van der Waals surface area contributed by atoms with Gasteiger partial charge < -0.3 is 5.32 Å². The third-order valence-electron chi connectivity index (χ3n) is 2.85. The Morgan fingerprint density at radius 1 is 1.55 bits per heavy atom. The van der Waals surface area contributed by atoms with E-state index in [0.29, 0.717) is 10.2 Å². The van der Waals surface area contributed by atoms with Crippen LogP contribution in [0, 0.1) is 11.3 Å². The van der Waals surface area contributed by atoms with Crippen molar-refractivity contribution >= 4 is 27.9 Å². The van der Waals surface area contributed by atoms with E-state index in [-0.39, 0.29) is 11.6 Å². The highest BCUT2D eigenvalue weighted by molar-refractivity contribution is 9.10. The first-order valence-corrected chi connectivity index (χ1v) is 7.31. The molecule has 1 N–H and O–H groups in total. The summed E-state index contributed by atoms with van der Waals surface area (Å²) in [6.07, 6.45) is 8.12. The van der Waals surface area contributed by atoms with Crippen LogP contribution in [0.25, 0.3) is 6.08 Å². The quantitative estimate of drug-likeness (QED) is 0.366. The average molecular weight is 358 g/mol. The topological polar surface area (TPSA) is 65.8 Å². The Labute approximate surface area is 138 Å². The van der Waals surface area contributed by atoms with Crippen molar-refractivity contribution < 1.29 is 4.79 Å². The molecule has 1 aromatic heterocycles. The molecule has 0 fully saturated rings. The van der Waals surface area contributed by atoms with Gasteiger partial charge in [-0.05, 0) is 40.6 Å². The maximum absolute atomic E-state index is 12.2. The highest BCUT2D eigenvalue weighted by atomic mass is 79.9. The highest BCUT2D eigenvalue weighted by Gasteiger charge is 2.14. The summed E-state index contributed by atoms with van der Waals surface area (Å²) in [6.45, 7) is 9.11. The molecule has 0 saturated carbocycles. The van der Waals surface area contributed by atoms with Gasteiger partial charge in [0.15, 0.2) is 0 Å². The largest absolute Gasteiger partial charge is 0.345 e. The molecule has 22 heavy (non-hydrogen) atoms. The number of hydrogen-bond acceptors (Lipinski definition) is 3. The predicted molar refractivity (Wildman–Crippen MR) is 91.6 cm³/mol. The summed E-state index contributed by atoms with van der Waals surface area (Å²) in [5.74, 6) is -0.456. The molecule has 0 unspecified atom stereocenters. The fourth-order valence-corrected chi connectivity index (χ4v) is 2.06. The summed E-state index contributed by atoms with van der Waals surface area (Å²) < 4.78 is 0.571. The average Bonchev–Trinajstić information content (AvgIpc) is 2.51. The van der Waals surface area contributed by atoms with Crippen LogP contribution in [0.15, 0.2) is 65.5 Å². The number of nitrogens with one attached hydrogen (secondary N) is 1. The number of carbonyl (C=O) groups excluding carboxylic acids is 1. The van der Waals surface area contributed by atoms with Crippen LogP contribution in [0.2, 0.25) is 0 Å². The van der Waals surface area contributed by atoms with Crippen LogP contribution in [0.1, 0.15) is 12.5 Å². The Hall–Kier alpha value is -2.45. The number of pyridine rings is 1. The minimum absolute atomic E-state index is 0.00238. The molecular formula is C17H16BrN3O. The molecule has 1 heterocycles. The summed E-state index contributed by atoms with van der Waals surface area (Å²) in [7, 11) is 0. The number of carbonyl (C=O) groups is 1. The van der Waals surface area contributed by atoms with E-state index in [4.69, 9.17) is 0 Å². The maximum Gasteiger partial charge on any atom is 0.262 e. The molecule has 5 heteroatoms. The lowest BCUT2D eigenvalue weighted by atomic mass is 10.1. The molecule has 0 aliphatic heterocycles. The Morgan fingerprint density at radius 3 is 2.82 bits per heavy atom. The minimum Gasteiger partial charge on any atom is -0.345 e. The molecule has 1 atom stereocenters. The van der Waals surface area contributed by atoms with Crippen molar-refractivity contribution in [2.75, 3.05) is 0 Å². The monoisotopic (exact) mass is 357 g/mol. The molecule has 0 saturated heterocycles. The second-order valence-electron chi connectivity index (χ2n) is 4.35. The Bertz CT molecular complexity index is 683. The molecule has 112 valence electrons. The number of rotatable bonds is 6. The number of nitriles is 1. The van der Waals surface area contributed by atoms with Gasteiger partial charge in [0, 0.05) is 11.8 Å². The molecule has 1 amide bonds. The SMILES string of the molecule is C=C/C=C(\C=C)[C@H](C)NC(=O)/C(C#N)=C/c1cccnc1Br. The van der Waals surface area contributed by atoms with E-state index in [9.17, 15) is 10.1 Å². The molecule has 0 bridgehead atoms. The Kier molecular flexibility index (Phi) is 7.00. The normalized spacial score (nSPS) is 13.0. The van der Waals surface area contributed by atoms with Gasteiger partial charge in [0.1, 0.15) is 16.2 Å². The van der Waals surface area contributed by atoms with Gasteiger partial charge >= 0.3 is 0 Å². The second-order valence-corrected chi connectivity index (χ2v) is 5.11. The van der Waals surface area contributed by atoms with Crippen molar-refractivity contribution in [3.8, 4) is 6.07 Å². The lowest BCUT2D eigenvalue weighted by molar-refractivity contribution is -0.117. The zero-order valence-electron chi connectivity index (χ0n) is 12.2. The molecule has 1 aromatic rings. The van der Waals surface area contributed by atoms with Gasteiger partial charge in [0.25, 0.3) is 5.91 Å². The van der Waals surface area contributed by atoms with E-state index in [1.807, 2.05) is 13.0 Å². The lowest BCUT2D eigenvalue weighted by Gasteiger charge is -2.14. The first kappa shape index (κ1) is 17.6. The number of hydrogen-bond donors (Lipinski definition) is 1. The zero-order chi connectivity index (χ0) is 16.5. The van der Waals surface area contributed by atoms with Crippen LogP contribution in [0.5, 0.6) is 0 Å². The van der Waals surface area contributed by atoms with Crippen LogP contribution >= 0.6 is 15.9 Å². The van der Waals surface area contributed by atoms with Gasteiger partial charge in [-0.3, -0.25) is 4.79 Å². The molecule has 0 aliphatic rings. The van der Waals surface area contributed by atoms with Gasteiger partial charge in [-0.15, -0.1) is 0 Å². The summed E-state index contributed by atoms with van der Waals surface area (Å²) in [5.41, 5.74) is 1.47. The third kappa shape index (κ3) is 4.83. The smallest absolute Gasteiger partial charge is 0.262 e. The second kappa shape index (κ2) is 8.75. The number of allylic oxidation sites excluding steroid dienone is 2. The van der Waals surface area contributed by atoms with E-state index >= 15 is 0 Å². The van der Waals surface area contributed by atoms with Crippen molar-refractivity contribution in [3.05, 3.63) is 71.0 Å². The number of amides is 1. The van der Waals surface area contributed by atoms with Crippen molar-refractivity contribution in [3.63, 3.8) is 0 Å². The number of halogens is 1. The van der Waals surface area contributed by atoms with Crippen LogP contribution in [-0.2, 0) is 4.79 Å². The zero-order valence-corrected chi connectivity index (χ0v) is 13.8. The third-order valence-corrected chi connectivity index (χ3v) is 3.51. The van der Waals surface area contributed by atoms with Crippen LogP contribution in [0.3, 0.4) is 0 Å². The maximum atomic E-state index is 12.2. The van der Waals surface area contributed by atoms with E-state index in [1.54, 1.807) is 36.6 Å². The lowest BCUT2D eigenvalue weighted by Crippen LogP contribution is -2.34. The van der Waals surface area contributed by atoms with Crippen LogP contribution in [0.4, 0.5) is 0 Å². The van der Waals surface area contributed by atoms with E-state index in [1.165, 1.54) is 6.08 Å². The van der Waals surface area contributed by atoms with E-state index in [0.717, 1.165) is 5.57 Å². The Morgan fingerprint density at radius 2 is 2.27 bits per heavy atom. The molecule has 1 rings (SSSR count). The summed E-state index contributed by atoms with van der Waals surface area (Å²) in [6, 6.07) is 5.12. The molecular weight excluding hydrogens is 342 g/mol. The molecule has 4 nitrogen and oxygen atoms in total. The standard InChI is InChI=1S/C17H16BrN3O/c1-4-7-13(5-2)12(3)21-17(22)15(11-19)10-14-8-6-9-20-16(14)18/h4-10,12H,1-2H2,3H3,(H,21,22)/b13-7+,15-10+/t12-/m0/s1. The van der Waals surface area contributed by atoms with Crippen molar-refractivity contribution in [2.45, 2.75) is 13.0 Å². The summed E-state index contributed by atoms with van der Waals surface area (Å²) in [5, 5.41) is 11.9. The van der Waals surface area contributed by atoms with Gasteiger partial charge in [0.2, 0.25) is 0 Å². The number of nitrogens with zero attached hydrogens (tertiary/aromatic N) is 2. The summed E-state index contributed by atoms with van der Waals surface area (Å²) >= 11 is 3.28. The van der Waals surface area contributed by atoms with Gasteiger partial charge in [0.05, 0.1) is 6.04 Å². The van der Waals surface area contributed by atoms with Crippen LogP contribution < -0.4 is 5.32 Å². The molecule has 0 aromatic carbocycles. The van der Waals surface area contributed by atoms with Crippen molar-refractivity contribution in [1.29, 1.82) is 5.26 Å². The fourth-order valence-electron chi connectivity index (χ4n) is 1.69. The minimum atomic E-state index is -0.456. The van der Waals surface area contributed by atoms with Crippen LogP contribution in [-0.4, -0.2) is 16.9 Å². The Balaban J connectivity index is 2.97. The summed E-state index contributed by atoms with van der Waals surface area (Å²) in [4.78, 5) is 16.3.